The number of sulfonamides is 1. The molecule has 0 aliphatic carbocycles. The molecule has 148 valence electrons. The molecule has 0 saturated carbocycles. The van der Waals surface area contributed by atoms with Crippen molar-refractivity contribution >= 4 is 15.9 Å². The molecule has 7 nitrogen and oxygen atoms in total. The molecule has 2 aromatic carbocycles. The van der Waals surface area contributed by atoms with Crippen molar-refractivity contribution in [1.82, 2.24) is 9.21 Å². The number of benzene rings is 2. The van der Waals surface area contributed by atoms with E-state index < -0.39 is 15.8 Å². The van der Waals surface area contributed by atoms with Gasteiger partial charge in [0.15, 0.2) is 11.5 Å². The highest BCUT2D eigenvalue weighted by Gasteiger charge is 2.31. The normalized spacial score (nSPS) is 17.4. The number of amides is 1. The number of rotatable bonds is 3. The molecule has 9 heteroatoms. The van der Waals surface area contributed by atoms with Gasteiger partial charge in [-0.25, -0.2) is 12.8 Å². The first-order valence-electron chi connectivity index (χ1n) is 8.90. The lowest BCUT2D eigenvalue weighted by atomic mass is 10.1. The third kappa shape index (κ3) is 3.55. The Morgan fingerprint density at radius 3 is 2.36 bits per heavy atom. The van der Waals surface area contributed by atoms with Gasteiger partial charge in [0.1, 0.15) is 19.0 Å². The van der Waals surface area contributed by atoms with Gasteiger partial charge in [-0.05, 0) is 36.4 Å². The molecular formula is C19H19FN2O5S. The molecule has 0 radical (unpaired) electrons. The summed E-state index contributed by atoms with van der Waals surface area (Å²) < 4.78 is 51.0. The second-order valence-corrected chi connectivity index (χ2v) is 8.45. The summed E-state index contributed by atoms with van der Waals surface area (Å²) in [6.07, 6.45) is 0. The molecular weight excluding hydrogens is 387 g/mol. The molecule has 1 amide bonds. The van der Waals surface area contributed by atoms with E-state index in [-0.39, 0.29) is 37.0 Å². The Kier molecular flexibility index (Phi) is 4.94. The molecule has 1 saturated heterocycles. The van der Waals surface area contributed by atoms with Gasteiger partial charge in [-0.1, -0.05) is 6.07 Å². The summed E-state index contributed by atoms with van der Waals surface area (Å²) in [7, 11) is -3.79. The highest BCUT2D eigenvalue weighted by Crippen LogP contribution is 2.31. The minimum atomic E-state index is -3.79. The van der Waals surface area contributed by atoms with E-state index in [0.29, 0.717) is 30.3 Å². The van der Waals surface area contributed by atoms with E-state index in [0.717, 1.165) is 6.07 Å². The molecule has 28 heavy (non-hydrogen) atoms. The van der Waals surface area contributed by atoms with Gasteiger partial charge in [0.05, 0.1) is 4.90 Å². The van der Waals surface area contributed by atoms with Crippen LogP contribution in [0.15, 0.2) is 47.4 Å². The first-order valence-corrected chi connectivity index (χ1v) is 10.3. The molecule has 1 fully saturated rings. The van der Waals surface area contributed by atoms with Gasteiger partial charge in [-0.2, -0.15) is 4.31 Å². The second-order valence-electron chi connectivity index (χ2n) is 6.51. The summed E-state index contributed by atoms with van der Waals surface area (Å²) in [6.45, 7) is 1.71. The lowest BCUT2D eigenvalue weighted by Gasteiger charge is -2.34. The Bertz CT molecular complexity index is 1000. The topological polar surface area (TPSA) is 76.2 Å². The van der Waals surface area contributed by atoms with Crippen molar-refractivity contribution in [2.75, 3.05) is 39.4 Å². The number of ether oxygens (including phenoxy) is 2. The minimum Gasteiger partial charge on any atom is -0.486 e. The third-order valence-electron chi connectivity index (χ3n) is 4.75. The fourth-order valence-electron chi connectivity index (χ4n) is 3.27. The summed E-state index contributed by atoms with van der Waals surface area (Å²) in [6, 6.07) is 9.95. The summed E-state index contributed by atoms with van der Waals surface area (Å²) in [5.74, 6) is 0.339. The van der Waals surface area contributed by atoms with Crippen molar-refractivity contribution in [1.29, 1.82) is 0 Å². The summed E-state index contributed by atoms with van der Waals surface area (Å²) in [5.41, 5.74) is 0.464. The lowest BCUT2D eigenvalue weighted by Crippen LogP contribution is -2.50. The molecule has 0 spiro atoms. The molecule has 0 aromatic heterocycles. The summed E-state index contributed by atoms with van der Waals surface area (Å²) in [4.78, 5) is 14.3. The Morgan fingerprint density at radius 1 is 0.929 bits per heavy atom. The number of fused-ring (bicyclic) bond motifs is 1. The van der Waals surface area contributed by atoms with E-state index in [9.17, 15) is 17.6 Å². The Hall–Kier alpha value is -2.65. The van der Waals surface area contributed by atoms with E-state index in [1.54, 1.807) is 23.1 Å². The van der Waals surface area contributed by atoms with Gasteiger partial charge in [-0.15, -0.1) is 0 Å². The van der Waals surface area contributed by atoms with E-state index in [1.807, 2.05) is 0 Å². The van der Waals surface area contributed by atoms with Crippen molar-refractivity contribution in [3.63, 3.8) is 0 Å². The van der Waals surface area contributed by atoms with Crippen molar-refractivity contribution in [3.8, 4) is 11.5 Å². The maximum absolute atomic E-state index is 13.4. The molecule has 2 heterocycles. The van der Waals surface area contributed by atoms with Crippen LogP contribution in [0.4, 0.5) is 4.39 Å². The molecule has 4 rings (SSSR count). The Balaban J connectivity index is 1.44. The zero-order valence-electron chi connectivity index (χ0n) is 15.0. The maximum atomic E-state index is 13.4. The maximum Gasteiger partial charge on any atom is 0.254 e. The standard InChI is InChI=1S/C19H19FN2O5S/c20-15-2-1-3-16(13-15)28(24,25)22-8-6-21(7-9-22)19(23)14-4-5-17-18(12-14)27-11-10-26-17/h1-5,12-13H,6-11H2. The average Bonchev–Trinajstić information content (AvgIpc) is 2.73. The lowest BCUT2D eigenvalue weighted by molar-refractivity contribution is 0.0697. The minimum absolute atomic E-state index is 0.0842. The van der Waals surface area contributed by atoms with E-state index >= 15 is 0 Å². The van der Waals surface area contributed by atoms with Crippen LogP contribution in [0.3, 0.4) is 0 Å². The van der Waals surface area contributed by atoms with E-state index in [2.05, 4.69) is 0 Å². The third-order valence-corrected chi connectivity index (χ3v) is 6.64. The summed E-state index contributed by atoms with van der Waals surface area (Å²) in [5, 5.41) is 0. The number of halogens is 1. The van der Waals surface area contributed by atoms with Crippen LogP contribution in [0.2, 0.25) is 0 Å². The number of carbonyl (C=O) groups is 1. The summed E-state index contributed by atoms with van der Waals surface area (Å²) >= 11 is 0. The molecule has 0 atom stereocenters. The van der Waals surface area contributed by atoms with Crippen LogP contribution in [0, 0.1) is 5.82 Å². The SMILES string of the molecule is O=C(c1ccc2c(c1)OCCO2)N1CCN(S(=O)(=O)c2cccc(F)c2)CC1. The highest BCUT2D eigenvalue weighted by atomic mass is 32.2. The molecule has 0 N–H and O–H groups in total. The van der Waals surface area contributed by atoms with Gasteiger partial charge in [0.2, 0.25) is 10.0 Å². The highest BCUT2D eigenvalue weighted by molar-refractivity contribution is 7.89. The number of hydrogen-bond acceptors (Lipinski definition) is 5. The van der Waals surface area contributed by atoms with Crippen molar-refractivity contribution in [3.05, 3.63) is 53.8 Å². The monoisotopic (exact) mass is 406 g/mol. The fraction of sp³-hybridized carbons (Fsp3) is 0.316. The van der Waals surface area contributed by atoms with Crippen LogP contribution in [-0.4, -0.2) is 62.9 Å². The van der Waals surface area contributed by atoms with Crippen LogP contribution < -0.4 is 9.47 Å². The molecule has 2 aromatic rings. The van der Waals surface area contributed by atoms with E-state index in [1.165, 1.54) is 22.5 Å². The van der Waals surface area contributed by atoms with Gasteiger partial charge in [0, 0.05) is 31.7 Å². The second kappa shape index (κ2) is 7.40. The molecule has 0 bridgehead atoms. The fourth-order valence-corrected chi connectivity index (χ4v) is 4.72. The Morgan fingerprint density at radius 2 is 1.64 bits per heavy atom. The number of piperazine rings is 1. The zero-order chi connectivity index (χ0) is 19.7. The van der Waals surface area contributed by atoms with Crippen LogP contribution >= 0.6 is 0 Å². The molecule has 2 aliphatic heterocycles. The number of carbonyl (C=O) groups excluding carboxylic acids is 1. The number of nitrogens with zero attached hydrogens (tertiary/aromatic N) is 2. The molecule has 2 aliphatic rings. The first-order chi connectivity index (χ1) is 13.4. The van der Waals surface area contributed by atoms with Crippen molar-refractivity contribution < 1.29 is 27.1 Å². The molecule has 0 unspecified atom stereocenters. The van der Waals surface area contributed by atoms with Crippen LogP contribution in [0.5, 0.6) is 11.5 Å². The van der Waals surface area contributed by atoms with Crippen LogP contribution in [0.25, 0.3) is 0 Å². The van der Waals surface area contributed by atoms with Gasteiger partial charge >= 0.3 is 0 Å². The largest absolute Gasteiger partial charge is 0.486 e. The van der Waals surface area contributed by atoms with Crippen LogP contribution in [0.1, 0.15) is 10.4 Å². The number of hydrogen-bond donors (Lipinski definition) is 0. The quantitative estimate of drug-likeness (QED) is 0.776. The van der Waals surface area contributed by atoms with E-state index in [4.69, 9.17) is 9.47 Å². The smallest absolute Gasteiger partial charge is 0.254 e. The Labute approximate surface area is 162 Å². The van der Waals surface area contributed by atoms with Gasteiger partial charge in [0.25, 0.3) is 5.91 Å². The van der Waals surface area contributed by atoms with Crippen molar-refractivity contribution in [2.24, 2.45) is 0 Å². The predicted molar refractivity (Wildman–Crippen MR) is 98.5 cm³/mol. The zero-order valence-corrected chi connectivity index (χ0v) is 15.8. The van der Waals surface area contributed by atoms with Gasteiger partial charge in [-0.3, -0.25) is 4.79 Å². The van der Waals surface area contributed by atoms with Gasteiger partial charge < -0.3 is 14.4 Å². The van der Waals surface area contributed by atoms with Crippen LogP contribution in [-0.2, 0) is 10.0 Å². The first kappa shape index (κ1) is 18.7. The average molecular weight is 406 g/mol. The predicted octanol–water partition coefficient (Wildman–Crippen LogP) is 1.74. The van der Waals surface area contributed by atoms with Crippen molar-refractivity contribution in [2.45, 2.75) is 4.90 Å².